The van der Waals surface area contributed by atoms with Gasteiger partial charge >= 0.3 is 0 Å². The molecule has 0 fully saturated rings. The highest BCUT2D eigenvalue weighted by Gasteiger charge is 2.16. The van der Waals surface area contributed by atoms with Crippen LogP contribution in [0.25, 0.3) is 11.1 Å². The molecule has 0 spiro atoms. The molecule has 102 valence electrons. The standard InChI is InChI=1S/C14H12BrN3O2/c1-18-13(17)6-9(11(7-16)14(18)19)10-5-8(15)3-4-12(10)20-2/h3-6H,17H2,1-2H3. The number of rotatable bonds is 2. The van der Waals surface area contributed by atoms with Crippen LogP contribution >= 0.6 is 15.9 Å². The van der Waals surface area contributed by atoms with Crippen molar-refractivity contribution in [1.29, 1.82) is 5.26 Å². The molecular weight excluding hydrogens is 322 g/mol. The van der Waals surface area contributed by atoms with Crippen LogP contribution in [0.15, 0.2) is 33.5 Å². The Morgan fingerprint density at radius 3 is 2.65 bits per heavy atom. The van der Waals surface area contributed by atoms with Crippen molar-refractivity contribution < 1.29 is 4.74 Å². The number of pyridine rings is 1. The minimum atomic E-state index is -0.426. The number of nitrogen functional groups attached to an aromatic ring is 1. The number of nitriles is 1. The molecule has 6 heteroatoms. The van der Waals surface area contributed by atoms with Gasteiger partial charge in [-0.15, -0.1) is 0 Å². The summed E-state index contributed by atoms with van der Waals surface area (Å²) in [4.78, 5) is 12.1. The number of methoxy groups -OCH3 is 1. The van der Waals surface area contributed by atoms with Gasteiger partial charge in [-0.3, -0.25) is 9.36 Å². The first kappa shape index (κ1) is 14.2. The summed E-state index contributed by atoms with van der Waals surface area (Å²) in [6.45, 7) is 0. The Hall–Kier alpha value is -2.26. The van der Waals surface area contributed by atoms with E-state index in [2.05, 4.69) is 15.9 Å². The average Bonchev–Trinajstić information content (AvgIpc) is 2.44. The first-order chi connectivity index (χ1) is 9.49. The van der Waals surface area contributed by atoms with Gasteiger partial charge in [0.1, 0.15) is 23.2 Å². The maximum Gasteiger partial charge on any atom is 0.270 e. The number of aromatic nitrogens is 1. The van der Waals surface area contributed by atoms with E-state index in [4.69, 9.17) is 10.5 Å². The van der Waals surface area contributed by atoms with Crippen LogP contribution in [-0.2, 0) is 7.05 Å². The van der Waals surface area contributed by atoms with E-state index in [0.29, 0.717) is 16.9 Å². The molecule has 2 rings (SSSR count). The predicted molar refractivity (Wildman–Crippen MR) is 80.5 cm³/mol. The minimum absolute atomic E-state index is 0.0399. The van der Waals surface area contributed by atoms with Gasteiger partial charge in [-0.2, -0.15) is 5.26 Å². The molecule has 0 atom stereocenters. The third-order valence-corrected chi connectivity index (χ3v) is 3.52. The van der Waals surface area contributed by atoms with E-state index in [1.165, 1.54) is 18.7 Å². The van der Waals surface area contributed by atoms with E-state index in [9.17, 15) is 10.1 Å². The third-order valence-electron chi connectivity index (χ3n) is 3.03. The SMILES string of the molecule is COc1ccc(Br)cc1-c1cc(N)n(C)c(=O)c1C#N. The Morgan fingerprint density at radius 1 is 1.35 bits per heavy atom. The Labute approximate surface area is 124 Å². The second kappa shape index (κ2) is 5.39. The summed E-state index contributed by atoms with van der Waals surface area (Å²) in [6.07, 6.45) is 0. The molecule has 0 aliphatic heterocycles. The number of anilines is 1. The fraction of sp³-hybridized carbons (Fsp3) is 0.143. The van der Waals surface area contributed by atoms with Crippen molar-refractivity contribution >= 4 is 21.7 Å². The van der Waals surface area contributed by atoms with Crippen LogP contribution in [0.1, 0.15) is 5.56 Å². The van der Waals surface area contributed by atoms with Gasteiger partial charge in [0.05, 0.1) is 7.11 Å². The van der Waals surface area contributed by atoms with Crippen LogP contribution in [0, 0.1) is 11.3 Å². The van der Waals surface area contributed by atoms with Crippen molar-refractivity contribution in [2.24, 2.45) is 7.05 Å². The molecule has 2 N–H and O–H groups in total. The molecule has 1 heterocycles. The zero-order chi connectivity index (χ0) is 14.9. The molecule has 0 bridgehead atoms. The molecular formula is C14H12BrN3O2. The lowest BCUT2D eigenvalue weighted by molar-refractivity contribution is 0.416. The van der Waals surface area contributed by atoms with Crippen LogP contribution in [-0.4, -0.2) is 11.7 Å². The average molecular weight is 334 g/mol. The lowest BCUT2D eigenvalue weighted by atomic mass is 10.0. The van der Waals surface area contributed by atoms with Gasteiger partial charge in [0.2, 0.25) is 0 Å². The van der Waals surface area contributed by atoms with Crippen molar-refractivity contribution in [2.75, 3.05) is 12.8 Å². The van der Waals surface area contributed by atoms with Gasteiger partial charge in [-0.1, -0.05) is 15.9 Å². The van der Waals surface area contributed by atoms with Gasteiger partial charge < -0.3 is 10.5 Å². The molecule has 0 saturated heterocycles. The van der Waals surface area contributed by atoms with Gasteiger partial charge in [0, 0.05) is 22.6 Å². The van der Waals surface area contributed by atoms with Gasteiger partial charge in [0.25, 0.3) is 5.56 Å². The van der Waals surface area contributed by atoms with Gasteiger partial charge in [-0.25, -0.2) is 0 Å². The number of halogens is 1. The molecule has 0 saturated carbocycles. The molecule has 1 aromatic carbocycles. The van der Waals surface area contributed by atoms with Crippen LogP contribution < -0.4 is 16.0 Å². The lowest BCUT2D eigenvalue weighted by Crippen LogP contribution is -2.23. The molecule has 0 aliphatic carbocycles. The Bertz CT molecular complexity index is 775. The maximum atomic E-state index is 12.1. The van der Waals surface area contributed by atoms with Crippen molar-refractivity contribution in [3.05, 3.63) is 44.7 Å². The highest BCUT2D eigenvalue weighted by molar-refractivity contribution is 9.10. The zero-order valence-corrected chi connectivity index (χ0v) is 12.6. The lowest BCUT2D eigenvalue weighted by Gasteiger charge is -2.13. The van der Waals surface area contributed by atoms with Gasteiger partial charge in [-0.05, 0) is 24.3 Å². The van der Waals surface area contributed by atoms with Crippen LogP contribution in [0.2, 0.25) is 0 Å². The summed E-state index contributed by atoms with van der Waals surface area (Å²) in [7, 11) is 3.06. The Kier molecular flexibility index (Phi) is 3.81. The zero-order valence-electron chi connectivity index (χ0n) is 11.0. The number of nitrogens with two attached hydrogens (primary N) is 1. The summed E-state index contributed by atoms with van der Waals surface area (Å²) >= 11 is 3.37. The van der Waals surface area contributed by atoms with E-state index >= 15 is 0 Å². The summed E-state index contributed by atoms with van der Waals surface area (Å²) in [6, 6.07) is 8.90. The summed E-state index contributed by atoms with van der Waals surface area (Å²) in [5, 5.41) is 9.25. The van der Waals surface area contributed by atoms with Crippen molar-refractivity contribution in [2.45, 2.75) is 0 Å². The normalized spacial score (nSPS) is 10.1. The van der Waals surface area contributed by atoms with E-state index in [-0.39, 0.29) is 11.4 Å². The monoisotopic (exact) mass is 333 g/mol. The third kappa shape index (κ3) is 2.28. The maximum absolute atomic E-state index is 12.1. The topological polar surface area (TPSA) is 81.0 Å². The van der Waals surface area contributed by atoms with Crippen molar-refractivity contribution in [3.8, 4) is 22.9 Å². The van der Waals surface area contributed by atoms with Crippen molar-refractivity contribution in [3.63, 3.8) is 0 Å². The number of hydrogen-bond donors (Lipinski definition) is 1. The molecule has 2 aromatic rings. The molecule has 20 heavy (non-hydrogen) atoms. The fourth-order valence-corrected chi connectivity index (χ4v) is 2.29. The molecule has 0 aliphatic rings. The number of ether oxygens (including phenoxy) is 1. The Morgan fingerprint density at radius 2 is 2.05 bits per heavy atom. The first-order valence-corrected chi connectivity index (χ1v) is 6.52. The van der Waals surface area contributed by atoms with Crippen LogP contribution in [0.3, 0.4) is 0 Å². The van der Waals surface area contributed by atoms with Gasteiger partial charge in [0.15, 0.2) is 0 Å². The van der Waals surface area contributed by atoms with Crippen molar-refractivity contribution in [1.82, 2.24) is 4.57 Å². The van der Waals surface area contributed by atoms with E-state index < -0.39 is 5.56 Å². The number of hydrogen-bond acceptors (Lipinski definition) is 4. The predicted octanol–water partition coefficient (Wildman–Crippen LogP) is 2.28. The molecule has 0 radical (unpaired) electrons. The second-order valence-electron chi connectivity index (χ2n) is 4.18. The number of benzene rings is 1. The summed E-state index contributed by atoms with van der Waals surface area (Å²) < 4.78 is 7.34. The second-order valence-corrected chi connectivity index (χ2v) is 5.09. The van der Waals surface area contributed by atoms with Crippen LogP contribution in [0.5, 0.6) is 5.75 Å². The molecule has 5 nitrogen and oxygen atoms in total. The molecule has 1 aromatic heterocycles. The quantitative estimate of drug-likeness (QED) is 0.914. The smallest absolute Gasteiger partial charge is 0.270 e. The van der Waals surface area contributed by atoms with E-state index in [1.807, 2.05) is 12.1 Å². The minimum Gasteiger partial charge on any atom is -0.496 e. The summed E-state index contributed by atoms with van der Waals surface area (Å²) in [5.74, 6) is 0.850. The van der Waals surface area contributed by atoms with Crippen LogP contribution in [0.4, 0.5) is 5.82 Å². The first-order valence-electron chi connectivity index (χ1n) is 5.73. The highest BCUT2D eigenvalue weighted by atomic mass is 79.9. The fourth-order valence-electron chi connectivity index (χ4n) is 1.93. The summed E-state index contributed by atoms with van der Waals surface area (Å²) in [5.41, 5.74) is 6.53. The largest absolute Gasteiger partial charge is 0.496 e. The molecule has 0 amide bonds. The molecule has 0 unspecified atom stereocenters. The van der Waals surface area contributed by atoms with E-state index in [1.54, 1.807) is 18.2 Å². The Balaban J connectivity index is 2.87. The number of nitrogens with zero attached hydrogens (tertiary/aromatic N) is 2. The van der Waals surface area contributed by atoms with E-state index in [0.717, 1.165) is 4.47 Å². The highest BCUT2D eigenvalue weighted by Crippen LogP contribution is 2.34.